The maximum Gasteiger partial charge on any atom is 0.345 e. The smallest absolute Gasteiger partial charge is 0.345 e. The van der Waals surface area contributed by atoms with Crippen molar-refractivity contribution in [3.63, 3.8) is 0 Å². The molecule has 3 rings (SSSR count). The molecule has 1 aromatic carbocycles. The number of amides is 1. The van der Waals surface area contributed by atoms with E-state index >= 15 is 0 Å². The zero-order valence-electron chi connectivity index (χ0n) is 12.0. The number of hydrogen-bond acceptors (Lipinski definition) is 4. The van der Waals surface area contributed by atoms with E-state index in [4.69, 9.17) is 9.84 Å². The molecule has 1 amide bonds. The van der Waals surface area contributed by atoms with Gasteiger partial charge in [0, 0.05) is 5.56 Å². The summed E-state index contributed by atoms with van der Waals surface area (Å²) in [5.74, 6) is -1.27. The Balaban J connectivity index is 1.83. The molecule has 0 spiro atoms. The first-order valence-electron chi connectivity index (χ1n) is 7.11. The summed E-state index contributed by atoms with van der Waals surface area (Å²) in [5, 5.41) is 11.8. The largest absolute Gasteiger partial charge is 0.493 e. The molecule has 5 nitrogen and oxygen atoms in total. The first-order valence-corrected chi connectivity index (χ1v) is 7.92. The van der Waals surface area contributed by atoms with E-state index in [9.17, 15) is 14.0 Å². The number of nitrogens with one attached hydrogen (secondary N) is 1. The quantitative estimate of drug-likeness (QED) is 0.903. The Kier molecular flexibility index (Phi) is 4.29. The van der Waals surface area contributed by atoms with Crippen molar-refractivity contribution >= 4 is 23.2 Å². The van der Waals surface area contributed by atoms with Crippen molar-refractivity contribution in [2.24, 2.45) is 0 Å². The number of carbonyl (C=O) groups is 2. The standard InChI is InChI=1S/C16H14FNO4S/c17-9-3-4-12-10(8-9)11(2-1-7-22-12)18-15(19)13-5-6-14(23-13)16(20)21/h3-6,8,11H,1-2,7H2,(H,18,19)(H,20,21). The third-order valence-electron chi connectivity index (χ3n) is 3.59. The zero-order valence-corrected chi connectivity index (χ0v) is 12.9. The van der Waals surface area contributed by atoms with Crippen molar-refractivity contribution in [2.45, 2.75) is 18.9 Å². The lowest BCUT2D eigenvalue weighted by atomic mass is 10.0. The molecular formula is C16H14FNO4S. The van der Waals surface area contributed by atoms with Crippen LogP contribution in [0.4, 0.5) is 4.39 Å². The Labute approximate surface area is 135 Å². The molecule has 0 saturated carbocycles. The van der Waals surface area contributed by atoms with E-state index in [2.05, 4.69) is 5.32 Å². The van der Waals surface area contributed by atoms with Gasteiger partial charge in [0.1, 0.15) is 16.4 Å². The minimum atomic E-state index is -1.07. The number of halogens is 1. The molecule has 0 aliphatic carbocycles. The highest BCUT2D eigenvalue weighted by molar-refractivity contribution is 7.15. The molecule has 120 valence electrons. The van der Waals surface area contributed by atoms with Gasteiger partial charge in [-0.15, -0.1) is 11.3 Å². The van der Waals surface area contributed by atoms with E-state index in [0.717, 1.165) is 17.8 Å². The number of carboxylic acids is 1. The highest BCUT2D eigenvalue weighted by atomic mass is 32.1. The van der Waals surface area contributed by atoms with Crippen LogP contribution in [0.15, 0.2) is 30.3 Å². The number of carbonyl (C=O) groups excluding carboxylic acids is 1. The van der Waals surface area contributed by atoms with Gasteiger partial charge in [-0.25, -0.2) is 9.18 Å². The fourth-order valence-electron chi connectivity index (χ4n) is 2.50. The maximum absolute atomic E-state index is 13.5. The van der Waals surface area contributed by atoms with E-state index in [1.165, 1.54) is 24.3 Å². The lowest BCUT2D eigenvalue weighted by molar-refractivity contribution is 0.0702. The molecule has 1 aromatic heterocycles. The maximum atomic E-state index is 13.5. The fraction of sp³-hybridized carbons (Fsp3) is 0.250. The number of hydrogen-bond donors (Lipinski definition) is 2. The second-order valence-electron chi connectivity index (χ2n) is 5.17. The summed E-state index contributed by atoms with van der Waals surface area (Å²) in [6, 6.07) is 6.74. The van der Waals surface area contributed by atoms with E-state index < -0.39 is 11.8 Å². The van der Waals surface area contributed by atoms with Crippen LogP contribution in [-0.4, -0.2) is 23.6 Å². The Morgan fingerprint density at radius 3 is 2.78 bits per heavy atom. The van der Waals surface area contributed by atoms with Gasteiger partial charge in [0.05, 0.1) is 17.5 Å². The van der Waals surface area contributed by atoms with Crippen LogP contribution in [0.2, 0.25) is 0 Å². The van der Waals surface area contributed by atoms with Gasteiger partial charge in [-0.05, 0) is 43.2 Å². The first kappa shape index (κ1) is 15.5. The van der Waals surface area contributed by atoms with Crippen LogP contribution in [0, 0.1) is 5.82 Å². The monoisotopic (exact) mass is 335 g/mol. The number of carboxylic acid groups (broad SMARTS) is 1. The van der Waals surface area contributed by atoms with Gasteiger partial charge < -0.3 is 15.2 Å². The summed E-state index contributed by atoms with van der Waals surface area (Å²) < 4.78 is 19.1. The van der Waals surface area contributed by atoms with Gasteiger partial charge >= 0.3 is 5.97 Å². The Bertz CT molecular complexity index is 758. The predicted molar refractivity (Wildman–Crippen MR) is 82.6 cm³/mol. The topological polar surface area (TPSA) is 75.6 Å². The molecule has 1 atom stereocenters. The van der Waals surface area contributed by atoms with Gasteiger partial charge in [0.25, 0.3) is 5.91 Å². The van der Waals surface area contributed by atoms with E-state index in [-0.39, 0.29) is 16.8 Å². The lowest BCUT2D eigenvalue weighted by Gasteiger charge is -2.18. The van der Waals surface area contributed by atoms with Gasteiger partial charge in [0.15, 0.2) is 0 Å². The number of thiophene rings is 1. The van der Waals surface area contributed by atoms with Crippen LogP contribution in [0.5, 0.6) is 5.75 Å². The molecule has 1 unspecified atom stereocenters. The molecular weight excluding hydrogens is 321 g/mol. The van der Waals surface area contributed by atoms with Crippen molar-refractivity contribution in [3.05, 3.63) is 51.5 Å². The molecule has 7 heteroatoms. The molecule has 0 bridgehead atoms. The van der Waals surface area contributed by atoms with E-state index in [1.807, 2.05) is 0 Å². The van der Waals surface area contributed by atoms with E-state index in [1.54, 1.807) is 6.07 Å². The molecule has 1 aliphatic heterocycles. The molecule has 2 heterocycles. The van der Waals surface area contributed by atoms with Gasteiger partial charge in [-0.3, -0.25) is 4.79 Å². The van der Waals surface area contributed by atoms with Crippen LogP contribution in [-0.2, 0) is 0 Å². The van der Waals surface area contributed by atoms with Crippen molar-refractivity contribution in [2.75, 3.05) is 6.61 Å². The van der Waals surface area contributed by atoms with Crippen molar-refractivity contribution in [1.82, 2.24) is 5.32 Å². The number of rotatable bonds is 3. The van der Waals surface area contributed by atoms with Crippen LogP contribution < -0.4 is 10.1 Å². The average molecular weight is 335 g/mol. The number of fused-ring (bicyclic) bond motifs is 1. The highest BCUT2D eigenvalue weighted by Gasteiger charge is 2.23. The van der Waals surface area contributed by atoms with Crippen molar-refractivity contribution < 1.29 is 23.8 Å². The zero-order chi connectivity index (χ0) is 16.4. The number of aromatic carboxylic acids is 1. The van der Waals surface area contributed by atoms with Crippen LogP contribution in [0.1, 0.15) is 43.8 Å². The van der Waals surface area contributed by atoms with Crippen molar-refractivity contribution in [3.8, 4) is 5.75 Å². The van der Waals surface area contributed by atoms with Crippen LogP contribution in [0.25, 0.3) is 0 Å². The van der Waals surface area contributed by atoms with Crippen molar-refractivity contribution in [1.29, 1.82) is 0 Å². The third-order valence-corrected chi connectivity index (χ3v) is 4.66. The molecule has 2 aromatic rings. The minimum absolute atomic E-state index is 0.103. The average Bonchev–Trinajstić information content (AvgIpc) is 2.94. The summed E-state index contributed by atoms with van der Waals surface area (Å²) >= 11 is 0.910. The number of ether oxygens (including phenoxy) is 1. The van der Waals surface area contributed by atoms with Gasteiger partial charge in [-0.1, -0.05) is 0 Å². The highest BCUT2D eigenvalue weighted by Crippen LogP contribution is 2.32. The molecule has 0 radical (unpaired) electrons. The second-order valence-corrected chi connectivity index (χ2v) is 6.25. The third kappa shape index (κ3) is 3.34. The SMILES string of the molecule is O=C(O)c1ccc(C(=O)NC2CCCOc3ccc(F)cc32)s1. The first-order chi connectivity index (χ1) is 11.0. The molecule has 0 saturated heterocycles. The normalized spacial score (nSPS) is 16.8. The summed E-state index contributed by atoms with van der Waals surface area (Å²) in [6.45, 7) is 0.507. The summed E-state index contributed by atoms with van der Waals surface area (Å²) in [7, 11) is 0. The molecule has 23 heavy (non-hydrogen) atoms. The molecule has 0 fully saturated rings. The lowest BCUT2D eigenvalue weighted by Crippen LogP contribution is -2.27. The van der Waals surface area contributed by atoms with Gasteiger partial charge in [0.2, 0.25) is 0 Å². The molecule has 1 aliphatic rings. The molecule has 2 N–H and O–H groups in total. The second kappa shape index (κ2) is 6.37. The Morgan fingerprint density at radius 1 is 1.26 bits per heavy atom. The summed E-state index contributed by atoms with van der Waals surface area (Å²) in [5.41, 5.74) is 0.603. The van der Waals surface area contributed by atoms with E-state index in [0.29, 0.717) is 29.2 Å². The Hall–Kier alpha value is -2.41. The van der Waals surface area contributed by atoms with Crippen LogP contribution in [0.3, 0.4) is 0 Å². The van der Waals surface area contributed by atoms with Crippen LogP contribution >= 0.6 is 11.3 Å². The summed E-state index contributed by atoms with van der Waals surface area (Å²) in [6.07, 6.45) is 1.35. The number of benzene rings is 1. The Morgan fingerprint density at radius 2 is 2.04 bits per heavy atom. The predicted octanol–water partition coefficient (Wildman–Crippen LogP) is 3.23. The fourth-order valence-corrected chi connectivity index (χ4v) is 3.25. The minimum Gasteiger partial charge on any atom is -0.493 e. The summed E-state index contributed by atoms with van der Waals surface area (Å²) in [4.78, 5) is 23.6. The van der Waals surface area contributed by atoms with Gasteiger partial charge in [-0.2, -0.15) is 0 Å².